The summed E-state index contributed by atoms with van der Waals surface area (Å²) in [4.78, 5) is 12.5. The predicted molar refractivity (Wildman–Crippen MR) is 137 cm³/mol. The molecule has 1 saturated carbocycles. The molecule has 0 bridgehead atoms. The van der Waals surface area contributed by atoms with Gasteiger partial charge in [0.25, 0.3) is 0 Å². The van der Waals surface area contributed by atoms with E-state index in [9.17, 15) is 14.3 Å². The number of aliphatic hydroxyl groups is 1. The maximum Gasteiger partial charge on any atom is 0.341 e. The molecule has 0 amide bonds. The van der Waals surface area contributed by atoms with Gasteiger partial charge in [0.05, 0.1) is 18.3 Å². The zero-order valence-electron chi connectivity index (χ0n) is 21.3. The van der Waals surface area contributed by atoms with Crippen LogP contribution in [0.15, 0.2) is 54.6 Å². The van der Waals surface area contributed by atoms with Gasteiger partial charge < -0.3 is 14.6 Å². The highest BCUT2D eigenvalue weighted by Gasteiger charge is 2.30. The Kier molecular flexibility index (Phi) is 7.86. The van der Waals surface area contributed by atoms with Crippen molar-refractivity contribution in [3.8, 4) is 11.1 Å². The number of ether oxygens (including phenoxy) is 2. The summed E-state index contributed by atoms with van der Waals surface area (Å²) in [5.41, 5.74) is 2.36. The lowest BCUT2D eigenvalue weighted by Gasteiger charge is -2.29. The van der Waals surface area contributed by atoms with Crippen LogP contribution in [0.4, 0.5) is 13.2 Å². The first kappa shape index (κ1) is 26.4. The molecule has 0 spiro atoms. The minimum absolute atomic E-state index is 0.103. The topological polar surface area (TPSA) is 59.1 Å². The summed E-state index contributed by atoms with van der Waals surface area (Å²) in [5, 5.41) is 10.1. The minimum Gasteiger partial charge on any atom is -0.459 e. The molecule has 3 aromatic carbocycles. The molecule has 0 radical (unpaired) electrons. The van der Waals surface area contributed by atoms with E-state index in [-0.39, 0.29) is 23.1 Å². The molecule has 38 heavy (non-hydrogen) atoms. The van der Waals surface area contributed by atoms with Gasteiger partial charge in [-0.25, -0.2) is 18.0 Å². The Hall–Kier alpha value is -3.16. The fourth-order valence-corrected chi connectivity index (χ4v) is 5.27. The van der Waals surface area contributed by atoms with Crippen molar-refractivity contribution in [2.24, 2.45) is 0 Å². The van der Waals surface area contributed by atoms with Gasteiger partial charge in [-0.3, -0.25) is 0 Å². The standard InChI is InChI=1S/C31H31F3O4/c1-2-3-27(35)20-6-4-18(5-7-20)23-14-15-24(30(34)29(23)33)19-8-11-22(12-9-19)38-31(36)25-13-10-21(16-26(25)32)28-17-37-28/h4-7,10,13-16,19,22,27-28,35H,2-3,8-9,11-12,17H2,1H3. The number of hydrogen-bond donors (Lipinski definition) is 1. The van der Waals surface area contributed by atoms with E-state index in [4.69, 9.17) is 9.47 Å². The summed E-state index contributed by atoms with van der Waals surface area (Å²) in [6, 6.07) is 14.5. The molecule has 7 heteroatoms. The number of rotatable bonds is 8. The highest BCUT2D eigenvalue weighted by Crippen LogP contribution is 2.38. The van der Waals surface area contributed by atoms with Crippen molar-refractivity contribution in [3.63, 3.8) is 0 Å². The van der Waals surface area contributed by atoms with Crippen molar-refractivity contribution >= 4 is 5.97 Å². The number of carbonyl (C=O) groups is 1. The Morgan fingerprint density at radius 2 is 1.71 bits per heavy atom. The average molecular weight is 525 g/mol. The number of carbonyl (C=O) groups excluding carboxylic acids is 1. The maximum absolute atomic E-state index is 15.2. The number of aliphatic hydroxyl groups excluding tert-OH is 1. The second kappa shape index (κ2) is 11.3. The van der Waals surface area contributed by atoms with Crippen LogP contribution in [0.5, 0.6) is 0 Å². The fourth-order valence-electron chi connectivity index (χ4n) is 5.27. The van der Waals surface area contributed by atoms with Crippen LogP contribution in [0, 0.1) is 17.5 Å². The van der Waals surface area contributed by atoms with Gasteiger partial charge in [-0.2, -0.15) is 0 Å². The molecule has 200 valence electrons. The Morgan fingerprint density at radius 3 is 2.34 bits per heavy atom. The van der Waals surface area contributed by atoms with E-state index in [1.807, 2.05) is 6.92 Å². The summed E-state index contributed by atoms with van der Waals surface area (Å²) in [7, 11) is 0. The zero-order valence-corrected chi connectivity index (χ0v) is 21.3. The molecule has 3 aromatic rings. The molecule has 2 atom stereocenters. The van der Waals surface area contributed by atoms with Gasteiger partial charge in [0.15, 0.2) is 11.6 Å². The van der Waals surface area contributed by atoms with E-state index in [0.29, 0.717) is 55.4 Å². The molecule has 2 aliphatic rings. The fraction of sp³-hybridized carbons (Fsp3) is 0.387. The van der Waals surface area contributed by atoms with Crippen LogP contribution in [0.1, 0.15) is 90.6 Å². The smallest absolute Gasteiger partial charge is 0.341 e. The molecular formula is C31H31F3O4. The van der Waals surface area contributed by atoms with Gasteiger partial charge in [0.1, 0.15) is 18.0 Å². The van der Waals surface area contributed by atoms with E-state index in [1.54, 1.807) is 42.5 Å². The van der Waals surface area contributed by atoms with E-state index < -0.39 is 35.6 Å². The molecule has 1 saturated heterocycles. The first-order valence-electron chi connectivity index (χ1n) is 13.2. The lowest BCUT2D eigenvalue weighted by molar-refractivity contribution is 0.0189. The van der Waals surface area contributed by atoms with Crippen LogP contribution < -0.4 is 0 Å². The molecule has 5 rings (SSSR count). The molecular weight excluding hydrogens is 493 g/mol. The van der Waals surface area contributed by atoms with Crippen LogP contribution in [-0.2, 0) is 9.47 Å². The number of benzene rings is 3. The molecule has 0 aromatic heterocycles. The summed E-state index contributed by atoms with van der Waals surface area (Å²) < 4.78 is 55.3. The Morgan fingerprint density at radius 1 is 1.00 bits per heavy atom. The Balaban J connectivity index is 1.21. The monoisotopic (exact) mass is 524 g/mol. The predicted octanol–water partition coefficient (Wildman–Crippen LogP) is 7.56. The van der Waals surface area contributed by atoms with Crippen molar-refractivity contribution in [3.05, 3.63) is 94.3 Å². The largest absolute Gasteiger partial charge is 0.459 e. The minimum atomic E-state index is -0.895. The first-order valence-corrected chi connectivity index (χ1v) is 13.2. The van der Waals surface area contributed by atoms with Crippen LogP contribution in [0.3, 0.4) is 0 Å². The van der Waals surface area contributed by atoms with Crippen LogP contribution in [0.2, 0.25) is 0 Å². The third-order valence-electron chi connectivity index (χ3n) is 7.59. The van der Waals surface area contributed by atoms with Crippen molar-refractivity contribution in [1.82, 2.24) is 0 Å². The van der Waals surface area contributed by atoms with Crippen LogP contribution in [-0.4, -0.2) is 23.8 Å². The quantitative estimate of drug-likeness (QED) is 0.244. The normalized spacial score (nSPS) is 21.7. The number of hydrogen-bond acceptors (Lipinski definition) is 4. The molecule has 1 aliphatic heterocycles. The summed E-state index contributed by atoms with van der Waals surface area (Å²) in [5.74, 6) is -3.31. The Bertz CT molecular complexity index is 1300. The third kappa shape index (κ3) is 5.64. The lowest BCUT2D eigenvalue weighted by Crippen LogP contribution is -2.25. The number of halogens is 3. The summed E-state index contributed by atoms with van der Waals surface area (Å²) in [6.07, 6.45) is 2.42. The first-order chi connectivity index (χ1) is 18.4. The highest BCUT2D eigenvalue weighted by atomic mass is 19.2. The van der Waals surface area contributed by atoms with E-state index in [0.717, 1.165) is 12.0 Å². The molecule has 2 fully saturated rings. The second-order valence-corrected chi connectivity index (χ2v) is 10.2. The molecule has 4 nitrogen and oxygen atoms in total. The molecule has 2 unspecified atom stereocenters. The second-order valence-electron chi connectivity index (χ2n) is 10.2. The number of epoxide rings is 1. The third-order valence-corrected chi connectivity index (χ3v) is 7.59. The van der Waals surface area contributed by atoms with Crippen molar-refractivity contribution in [2.75, 3.05) is 6.61 Å². The van der Waals surface area contributed by atoms with Crippen molar-refractivity contribution < 1.29 is 32.5 Å². The van der Waals surface area contributed by atoms with E-state index in [1.165, 1.54) is 12.1 Å². The van der Waals surface area contributed by atoms with Gasteiger partial charge in [-0.15, -0.1) is 0 Å². The molecule has 1 heterocycles. The van der Waals surface area contributed by atoms with Gasteiger partial charge >= 0.3 is 5.97 Å². The van der Waals surface area contributed by atoms with Gasteiger partial charge in [0.2, 0.25) is 0 Å². The number of esters is 1. The Labute approximate surface area is 220 Å². The summed E-state index contributed by atoms with van der Waals surface area (Å²) >= 11 is 0. The summed E-state index contributed by atoms with van der Waals surface area (Å²) in [6.45, 7) is 2.54. The maximum atomic E-state index is 15.2. The SMILES string of the molecule is CCCC(O)c1ccc(-c2ccc(C3CCC(OC(=O)c4ccc(C5CO5)cc4F)CC3)c(F)c2F)cc1. The van der Waals surface area contributed by atoms with Gasteiger partial charge in [-0.05, 0) is 72.4 Å². The van der Waals surface area contributed by atoms with Crippen molar-refractivity contribution in [2.45, 2.75) is 69.7 Å². The average Bonchev–Trinajstić information content (AvgIpc) is 3.77. The van der Waals surface area contributed by atoms with E-state index >= 15 is 8.78 Å². The van der Waals surface area contributed by atoms with Crippen LogP contribution >= 0.6 is 0 Å². The van der Waals surface area contributed by atoms with Crippen molar-refractivity contribution in [1.29, 1.82) is 0 Å². The molecule has 1 N–H and O–H groups in total. The van der Waals surface area contributed by atoms with E-state index in [2.05, 4.69) is 0 Å². The van der Waals surface area contributed by atoms with Crippen LogP contribution in [0.25, 0.3) is 11.1 Å². The lowest BCUT2D eigenvalue weighted by atomic mass is 9.82. The van der Waals surface area contributed by atoms with Gasteiger partial charge in [0, 0.05) is 5.56 Å². The molecule has 1 aliphatic carbocycles. The highest BCUT2D eigenvalue weighted by molar-refractivity contribution is 5.89. The zero-order chi connectivity index (χ0) is 26.8. The van der Waals surface area contributed by atoms with Gasteiger partial charge in [-0.1, -0.05) is 55.8 Å².